The van der Waals surface area contributed by atoms with Gasteiger partial charge in [-0.3, -0.25) is 9.69 Å². The first kappa shape index (κ1) is 18.6. The molecule has 3 aromatic rings. The number of rotatable bonds is 4. The van der Waals surface area contributed by atoms with E-state index in [2.05, 4.69) is 39.6 Å². The number of hydrogen-bond acceptors (Lipinski definition) is 5. The van der Waals surface area contributed by atoms with E-state index in [0.29, 0.717) is 0 Å². The zero-order chi connectivity index (χ0) is 20.0. The molecule has 0 bridgehead atoms. The number of carbonyl (C=O) groups excluding carboxylic acids is 1. The van der Waals surface area contributed by atoms with Gasteiger partial charge in [-0.05, 0) is 49.8 Å². The third kappa shape index (κ3) is 3.40. The number of thiophene rings is 1. The maximum Gasteiger partial charge on any atom is 0.252 e. The molecule has 0 saturated carbocycles. The van der Waals surface area contributed by atoms with Crippen molar-refractivity contribution in [1.82, 2.24) is 15.4 Å². The predicted molar refractivity (Wildman–Crippen MR) is 113 cm³/mol. The van der Waals surface area contributed by atoms with E-state index in [4.69, 9.17) is 4.52 Å². The number of nitrogens with zero attached hydrogens (tertiary/aromatic N) is 2. The summed E-state index contributed by atoms with van der Waals surface area (Å²) in [6.45, 7) is 6.64. The second-order valence-corrected chi connectivity index (χ2v) is 9.04. The SMILES string of the molecule is Cc1noc(C)c1CN1CCc2c(C(=O)N[C@@H]3CCc4ccccc43)csc2C1. The lowest BCUT2D eigenvalue weighted by Gasteiger charge is -2.27. The van der Waals surface area contributed by atoms with E-state index in [1.54, 1.807) is 11.3 Å². The molecule has 1 aliphatic heterocycles. The largest absolute Gasteiger partial charge is 0.361 e. The minimum Gasteiger partial charge on any atom is -0.361 e. The molecule has 1 N–H and O–H groups in total. The third-order valence-corrected chi connectivity index (χ3v) is 7.29. The Balaban J connectivity index is 1.29. The highest BCUT2D eigenvalue weighted by Crippen LogP contribution is 2.33. The molecule has 5 rings (SSSR count). The van der Waals surface area contributed by atoms with Crippen LogP contribution in [0, 0.1) is 13.8 Å². The van der Waals surface area contributed by atoms with Gasteiger partial charge in [0, 0.05) is 35.5 Å². The van der Waals surface area contributed by atoms with E-state index in [0.717, 1.165) is 55.9 Å². The van der Waals surface area contributed by atoms with Crippen molar-refractivity contribution >= 4 is 17.2 Å². The van der Waals surface area contributed by atoms with Gasteiger partial charge in [0.2, 0.25) is 0 Å². The fourth-order valence-electron chi connectivity index (χ4n) is 4.60. The van der Waals surface area contributed by atoms with Crippen LogP contribution in [0.2, 0.25) is 0 Å². The molecule has 1 atom stereocenters. The second-order valence-electron chi connectivity index (χ2n) is 8.08. The normalized spacial score (nSPS) is 18.5. The molecule has 150 valence electrons. The third-order valence-electron chi connectivity index (χ3n) is 6.27. The van der Waals surface area contributed by atoms with Crippen LogP contribution < -0.4 is 5.32 Å². The van der Waals surface area contributed by atoms with Gasteiger partial charge in [0.05, 0.1) is 17.3 Å². The van der Waals surface area contributed by atoms with Crippen molar-refractivity contribution in [3.8, 4) is 0 Å². The molecular formula is C23H25N3O2S. The second kappa shape index (κ2) is 7.43. The molecule has 1 aromatic carbocycles. The highest BCUT2D eigenvalue weighted by molar-refractivity contribution is 7.10. The zero-order valence-electron chi connectivity index (χ0n) is 16.8. The van der Waals surface area contributed by atoms with Crippen LogP contribution in [0.25, 0.3) is 0 Å². The number of benzene rings is 1. The zero-order valence-corrected chi connectivity index (χ0v) is 17.6. The van der Waals surface area contributed by atoms with Crippen LogP contribution in [-0.4, -0.2) is 22.5 Å². The molecule has 1 amide bonds. The number of aromatic nitrogens is 1. The number of carbonyl (C=O) groups is 1. The first-order valence-electron chi connectivity index (χ1n) is 10.2. The molecule has 0 fully saturated rings. The molecule has 0 saturated heterocycles. The molecule has 5 nitrogen and oxygen atoms in total. The summed E-state index contributed by atoms with van der Waals surface area (Å²) in [6.07, 6.45) is 2.94. The Hall–Kier alpha value is -2.44. The van der Waals surface area contributed by atoms with Crippen LogP contribution in [0.1, 0.15) is 61.4 Å². The van der Waals surface area contributed by atoms with E-state index < -0.39 is 0 Å². The lowest BCUT2D eigenvalue weighted by Crippen LogP contribution is -2.32. The van der Waals surface area contributed by atoms with Gasteiger partial charge in [-0.1, -0.05) is 29.4 Å². The van der Waals surface area contributed by atoms with Gasteiger partial charge in [0.15, 0.2) is 0 Å². The van der Waals surface area contributed by atoms with E-state index in [-0.39, 0.29) is 11.9 Å². The van der Waals surface area contributed by atoms with Gasteiger partial charge in [0.1, 0.15) is 5.76 Å². The smallest absolute Gasteiger partial charge is 0.252 e. The molecule has 1 aliphatic carbocycles. The molecule has 29 heavy (non-hydrogen) atoms. The molecule has 0 spiro atoms. The van der Waals surface area contributed by atoms with Gasteiger partial charge < -0.3 is 9.84 Å². The Bertz CT molecular complexity index is 1050. The van der Waals surface area contributed by atoms with E-state index in [1.807, 2.05) is 19.2 Å². The number of nitrogens with one attached hydrogen (secondary N) is 1. The lowest BCUT2D eigenvalue weighted by atomic mass is 10.0. The van der Waals surface area contributed by atoms with E-state index in [1.165, 1.54) is 27.1 Å². The Morgan fingerprint density at radius 3 is 3.00 bits per heavy atom. The van der Waals surface area contributed by atoms with Crippen LogP contribution in [0.4, 0.5) is 0 Å². The van der Waals surface area contributed by atoms with Crippen LogP contribution >= 0.6 is 11.3 Å². The van der Waals surface area contributed by atoms with Crippen molar-refractivity contribution in [2.24, 2.45) is 0 Å². The van der Waals surface area contributed by atoms with Crippen molar-refractivity contribution < 1.29 is 9.32 Å². The summed E-state index contributed by atoms with van der Waals surface area (Å²) in [6, 6.07) is 8.58. The topological polar surface area (TPSA) is 58.4 Å². The minimum absolute atomic E-state index is 0.0726. The summed E-state index contributed by atoms with van der Waals surface area (Å²) < 4.78 is 5.30. The number of hydrogen-bond donors (Lipinski definition) is 1. The Morgan fingerprint density at radius 1 is 1.31 bits per heavy atom. The molecule has 2 aromatic heterocycles. The Kier molecular flexibility index (Phi) is 4.76. The molecule has 6 heteroatoms. The van der Waals surface area contributed by atoms with Gasteiger partial charge >= 0.3 is 0 Å². The van der Waals surface area contributed by atoms with Gasteiger partial charge in [-0.2, -0.15) is 0 Å². The van der Waals surface area contributed by atoms with Crippen LogP contribution in [0.3, 0.4) is 0 Å². The summed E-state index contributed by atoms with van der Waals surface area (Å²) in [4.78, 5) is 16.8. The van der Waals surface area contributed by atoms with Crippen LogP contribution in [0.5, 0.6) is 0 Å². The number of amides is 1. The molecular weight excluding hydrogens is 382 g/mol. The van der Waals surface area contributed by atoms with Gasteiger partial charge in [-0.15, -0.1) is 11.3 Å². The van der Waals surface area contributed by atoms with Gasteiger partial charge in [0.25, 0.3) is 5.91 Å². The average molecular weight is 408 g/mol. The highest BCUT2D eigenvalue weighted by atomic mass is 32.1. The van der Waals surface area contributed by atoms with E-state index in [9.17, 15) is 4.79 Å². The Morgan fingerprint density at radius 2 is 2.17 bits per heavy atom. The fraction of sp³-hybridized carbons (Fsp3) is 0.391. The average Bonchev–Trinajstić information content (AvgIpc) is 3.41. The number of aryl methyl sites for hydroxylation is 3. The maximum atomic E-state index is 13.0. The fourth-order valence-corrected chi connectivity index (χ4v) is 5.72. The van der Waals surface area contributed by atoms with Crippen molar-refractivity contribution in [2.75, 3.05) is 6.54 Å². The highest BCUT2D eigenvalue weighted by Gasteiger charge is 2.28. The molecule has 0 unspecified atom stereocenters. The maximum absolute atomic E-state index is 13.0. The lowest BCUT2D eigenvalue weighted by molar-refractivity contribution is 0.0935. The van der Waals surface area contributed by atoms with Crippen molar-refractivity contribution in [1.29, 1.82) is 0 Å². The van der Waals surface area contributed by atoms with Crippen molar-refractivity contribution in [2.45, 2.75) is 52.2 Å². The van der Waals surface area contributed by atoms with Crippen molar-refractivity contribution in [3.63, 3.8) is 0 Å². The van der Waals surface area contributed by atoms with E-state index >= 15 is 0 Å². The molecule has 3 heterocycles. The first-order valence-corrected chi connectivity index (χ1v) is 11.1. The monoisotopic (exact) mass is 407 g/mol. The molecule has 0 radical (unpaired) electrons. The van der Waals surface area contributed by atoms with Gasteiger partial charge in [-0.25, -0.2) is 0 Å². The quantitative estimate of drug-likeness (QED) is 0.699. The predicted octanol–water partition coefficient (Wildman–Crippen LogP) is 4.33. The summed E-state index contributed by atoms with van der Waals surface area (Å²) in [5.41, 5.74) is 6.88. The summed E-state index contributed by atoms with van der Waals surface area (Å²) >= 11 is 1.71. The minimum atomic E-state index is 0.0726. The van der Waals surface area contributed by atoms with Crippen LogP contribution in [-0.2, 0) is 25.9 Å². The van der Waals surface area contributed by atoms with Crippen molar-refractivity contribution in [3.05, 3.63) is 73.8 Å². The first-order chi connectivity index (χ1) is 14.1. The Labute approximate surface area is 174 Å². The summed E-state index contributed by atoms with van der Waals surface area (Å²) in [7, 11) is 0. The number of fused-ring (bicyclic) bond motifs is 2. The standard InChI is InChI=1S/C23H25N3O2S/c1-14-19(15(2)28-25-14)11-26-10-9-18-20(13-29-22(18)12-26)23(27)24-21-8-7-16-5-3-4-6-17(16)21/h3-6,13,21H,7-12H2,1-2H3,(H,24,27)/t21-/m1/s1. The molecule has 2 aliphatic rings. The van der Waals surface area contributed by atoms with Crippen LogP contribution in [0.15, 0.2) is 34.2 Å². The summed E-state index contributed by atoms with van der Waals surface area (Å²) in [5, 5.41) is 9.39. The summed E-state index contributed by atoms with van der Waals surface area (Å²) in [5.74, 6) is 0.972.